The number of benzene rings is 1. The number of aryl methyl sites for hydroxylation is 1. The first-order valence-electron chi connectivity index (χ1n) is 12.4. The number of hydroxylamine groups is 1. The SMILES string of the molecule is Cc1cc(C#N)ccc1C1=CCN(C(=O)[C@H]2NC[C@H](CC(=O)N[C@@H]3CCOC3)C[C@@H]2C(=O)NO)CC1. The molecule has 0 saturated carbocycles. The zero-order valence-corrected chi connectivity index (χ0v) is 20.5. The predicted molar refractivity (Wildman–Crippen MR) is 130 cm³/mol. The second-order valence-electron chi connectivity index (χ2n) is 9.81. The summed E-state index contributed by atoms with van der Waals surface area (Å²) in [5.41, 5.74) is 5.53. The molecule has 4 atom stereocenters. The van der Waals surface area contributed by atoms with Crippen LogP contribution in [0, 0.1) is 30.1 Å². The quantitative estimate of drug-likeness (QED) is 0.339. The molecular formula is C26H33N5O5. The van der Waals surface area contributed by atoms with E-state index in [1.807, 2.05) is 25.1 Å². The van der Waals surface area contributed by atoms with Crippen LogP contribution < -0.4 is 16.1 Å². The zero-order valence-electron chi connectivity index (χ0n) is 20.5. The van der Waals surface area contributed by atoms with Gasteiger partial charge in [0.25, 0.3) is 0 Å². The van der Waals surface area contributed by atoms with E-state index in [0.29, 0.717) is 51.3 Å². The Morgan fingerprint density at radius 3 is 2.81 bits per heavy atom. The Hall–Kier alpha value is -3.26. The number of ether oxygens (including phenoxy) is 1. The van der Waals surface area contributed by atoms with Gasteiger partial charge in [-0.2, -0.15) is 5.26 Å². The van der Waals surface area contributed by atoms with Crippen LogP contribution in [0.4, 0.5) is 0 Å². The number of hydrogen-bond donors (Lipinski definition) is 4. The maximum absolute atomic E-state index is 13.4. The molecule has 3 aliphatic rings. The number of carbonyl (C=O) groups excluding carboxylic acids is 3. The average Bonchev–Trinajstić information content (AvgIpc) is 3.40. The second kappa shape index (κ2) is 11.6. The van der Waals surface area contributed by atoms with Crippen LogP contribution in [0.25, 0.3) is 5.57 Å². The van der Waals surface area contributed by atoms with Crippen LogP contribution in [-0.4, -0.2) is 72.8 Å². The van der Waals surface area contributed by atoms with E-state index in [0.717, 1.165) is 23.1 Å². The minimum Gasteiger partial charge on any atom is -0.379 e. The van der Waals surface area contributed by atoms with Crippen LogP contribution in [0.2, 0.25) is 0 Å². The number of carbonyl (C=O) groups is 3. The second-order valence-corrected chi connectivity index (χ2v) is 9.81. The number of nitrogens with zero attached hydrogens (tertiary/aromatic N) is 2. The van der Waals surface area contributed by atoms with Gasteiger partial charge < -0.3 is 20.3 Å². The van der Waals surface area contributed by atoms with Crippen molar-refractivity contribution in [1.82, 2.24) is 21.0 Å². The molecule has 0 unspecified atom stereocenters. The summed E-state index contributed by atoms with van der Waals surface area (Å²) in [5, 5.41) is 24.5. The van der Waals surface area contributed by atoms with Crippen LogP contribution in [0.3, 0.4) is 0 Å². The number of piperidine rings is 1. The number of hydrogen-bond acceptors (Lipinski definition) is 7. The molecule has 4 rings (SSSR count). The lowest BCUT2D eigenvalue weighted by molar-refractivity contribution is -0.144. The van der Waals surface area contributed by atoms with Gasteiger partial charge in [0.1, 0.15) is 0 Å². The maximum atomic E-state index is 13.4. The lowest BCUT2D eigenvalue weighted by atomic mass is 9.81. The normalized spacial score (nSPS) is 26.0. The monoisotopic (exact) mass is 495 g/mol. The molecule has 0 radical (unpaired) electrons. The van der Waals surface area contributed by atoms with E-state index < -0.39 is 17.9 Å². The lowest BCUT2D eigenvalue weighted by Gasteiger charge is -2.38. The average molecular weight is 496 g/mol. The maximum Gasteiger partial charge on any atom is 0.248 e. The molecule has 2 fully saturated rings. The molecule has 0 spiro atoms. The van der Waals surface area contributed by atoms with Crippen molar-refractivity contribution in [1.29, 1.82) is 5.26 Å². The van der Waals surface area contributed by atoms with Gasteiger partial charge in [-0.25, -0.2) is 5.48 Å². The van der Waals surface area contributed by atoms with E-state index in [-0.39, 0.29) is 30.2 Å². The summed E-state index contributed by atoms with van der Waals surface area (Å²) in [4.78, 5) is 40.0. The van der Waals surface area contributed by atoms with Crippen LogP contribution in [0.1, 0.15) is 42.4 Å². The van der Waals surface area contributed by atoms with E-state index in [4.69, 9.17) is 10.00 Å². The lowest BCUT2D eigenvalue weighted by Crippen LogP contribution is -2.59. The Kier molecular flexibility index (Phi) is 8.36. The van der Waals surface area contributed by atoms with Gasteiger partial charge in [0.2, 0.25) is 17.7 Å². The van der Waals surface area contributed by atoms with E-state index >= 15 is 0 Å². The number of nitriles is 1. The first-order chi connectivity index (χ1) is 17.4. The van der Waals surface area contributed by atoms with Gasteiger partial charge in [-0.05, 0) is 67.5 Å². The predicted octanol–water partition coefficient (Wildman–Crippen LogP) is 0.877. The summed E-state index contributed by atoms with van der Waals surface area (Å²) in [6.45, 7) is 4.46. The number of rotatable bonds is 6. The van der Waals surface area contributed by atoms with E-state index in [1.54, 1.807) is 16.4 Å². The van der Waals surface area contributed by atoms with Crippen molar-refractivity contribution >= 4 is 23.3 Å². The number of amides is 3. The fourth-order valence-corrected chi connectivity index (χ4v) is 5.37. The van der Waals surface area contributed by atoms with Gasteiger partial charge in [0, 0.05) is 26.1 Å². The summed E-state index contributed by atoms with van der Waals surface area (Å²) in [7, 11) is 0. The molecule has 192 valence electrons. The molecule has 36 heavy (non-hydrogen) atoms. The van der Waals surface area contributed by atoms with Crippen molar-refractivity contribution in [3.63, 3.8) is 0 Å². The summed E-state index contributed by atoms with van der Waals surface area (Å²) in [6, 6.07) is 6.99. The van der Waals surface area contributed by atoms with Gasteiger partial charge in [-0.1, -0.05) is 12.1 Å². The smallest absolute Gasteiger partial charge is 0.248 e. The van der Waals surface area contributed by atoms with Crippen LogP contribution in [-0.2, 0) is 19.1 Å². The van der Waals surface area contributed by atoms with Crippen molar-refractivity contribution in [3.05, 3.63) is 41.0 Å². The van der Waals surface area contributed by atoms with Gasteiger partial charge in [-0.3, -0.25) is 19.6 Å². The molecule has 0 aliphatic carbocycles. The molecule has 3 aliphatic heterocycles. The van der Waals surface area contributed by atoms with Gasteiger partial charge >= 0.3 is 0 Å². The van der Waals surface area contributed by atoms with E-state index in [9.17, 15) is 19.6 Å². The minimum atomic E-state index is -0.782. The molecule has 3 heterocycles. The Morgan fingerprint density at radius 1 is 1.33 bits per heavy atom. The molecule has 0 aromatic heterocycles. The standard InChI is InChI=1S/C26H33N5O5/c1-16-10-17(13-27)2-3-21(16)19-4-7-31(8-5-19)26(34)24-22(25(33)30-35)11-18(14-28-24)12-23(32)29-20-6-9-36-15-20/h2-4,10,18,20,22,24,28,35H,5-9,11-12,14-15H2,1H3,(H,29,32)(H,30,33)/t18-,20+,22-,24-/m0/s1. The summed E-state index contributed by atoms with van der Waals surface area (Å²) < 4.78 is 5.29. The summed E-state index contributed by atoms with van der Waals surface area (Å²) in [6.07, 6.45) is 4.02. The third-order valence-corrected chi connectivity index (χ3v) is 7.32. The van der Waals surface area contributed by atoms with Crippen LogP contribution in [0.5, 0.6) is 0 Å². The molecule has 10 nitrogen and oxygen atoms in total. The Bertz CT molecular complexity index is 1070. The zero-order chi connectivity index (χ0) is 25.7. The highest BCUT2D eigenvalue weighted by Gasteiger charge is 2.41. The largest absolute Gasteiger partial charge is 0.379 e. The van der Waals surface area contributed by atoms with E-state index in [2.05, 4.69) is 16.7 Å². The highest BCUT2D eigenvalue weighted by atomic mass is 16.5. The van der Waals surface area contributed by atoms with Crippen molar-refractivity contribution in [2.24, 2.45) is 11.8 Å². The molecule has 0 bridgehead atoms. The van der Waals surface area contributed by atoms with Crippen molar-refractivity contribution in [3.8, 4) is 6.07 Å². The van der Waals surface area contributed by atoms with Crippen molar-refractivity contribution in [2.45, 2.75) is 44.7 Å². The molecule has 10 heteroatoms. The first kappa shape index (κ1) is 25.8. The summed E-state index contributed by atoms with van der Waals surface area (Å²) in [5.74, 6) is -1.84. The third kappa shape index (κ3) is 5.93. The highest BCUT2D eigenvalue weighted by molar-refractivity contribution is 5.90. The Balaban J connectivity index is 1.37. The first-order valence-corrected chi connectivity index (χ1v) is 12.4. The molecular weight excluding hydrogens is 462 g/mol. The van der Waals surface area contributed by atoms with Crippen molar-refractivity contribution in [2.75, 3.05) is 32.8 Å². The van der Waals surface area contributed by atoms with E-state index in [1.165, 1.54) is 0 Å². The van der Waals surface area contributed by atoms with Gasteiger partial charge in [-0.15, -0.1) is 0 Å². The van der Waals surface area contributed by atoms with Crippen LogP contribution in [0.15, 0.2) is 24.3 Å². The fourth-order valence-electron chi connectivity index (χ4n) is 5.37. The molecule has 4 N–H and O–H groups in total. The minimum absolute atomic E-state index is 0.0185. The fraction of sp³-hybridized carbons (Fsp3) is 0.538. The van der Waals surface area contributed by atoms with Crippen molar-refractivity contribution < 1.29 is 24.3 Å². The van der Waals surface area contributed by atoms with Crippen LogP contribution >= 0.6 is 0 Å². The topological polar surface area (TPSA) is 144 Å². The highest BCUT2D eigenvalue weighted by Crippen LogP contribution is 2.29. The Morgan fingerprint density at radius 2 is 2.17 bits per heavy atom. The Labute approximate surface area is 210 Å². The van der Waals surface area contributed by atoms with Gasteiger partial charge in [0.05, 0.1) is 36.2 Å². The molecule has 2 saturated heterocycles. The molecule has 1 aromatic rings. The number of nitrogens with one attached hydrogen (secondary N) is 3. The summed E-state index contributed by atoms with van der Waals surface area (Å²) >= 11 is 0. The molecule has 3 amide bonds. The molecule has 1 aromatic carbocycles. The third-order valence-electron chi connectivity index (χ3n) is 7.32. The van der Waals surface area contributed by atoms with Gasteiger partial charge in [0.15, 0.2) is 0 Å².